The number of nitrogens with zero attached hydrogens (tertiary/aromatic N) is 2. The third-order valence-electron chi connectivity index (χ3n) is 9.94. The van der Waals surface area contributed by atoms with Crippen LogP contribution >= 0.6 is 11.3 Å². The van der Waals surface area contributed by atoms with Gasteiger partial charge in [0.1, 0.15) is 0 Å². The molecule has 7 aromatic rings. The number of hydrogen-bond acceptors (Lipinski definition) is 2. The van der Waals surface area contributed by atoms with Gasteiger partial charge in [0.15, 0.2) is 0 Å². The predicted molar refractivity (Wildman–Crippen MR) is 193 cm³/mol. The van der Waals surface area contributed by atoms with Crippen LogP contribution in [-0.2, 0) is 0 Å². The summed E-state index contributed by atoms with van der Waals surface area (Å²) in [7, 11) is 0. The third kappa shape index (κ3) is 3.68. The first-order valence-electron chi connectivity index (χ1n) is 15.9. The predicted octanol–water partition coefficient (Wildman–Crippen LogP) is 11.3. The fraction of sp³-hybridized carbons (Fsp3) is 0.0952. The monoisotopic (exact) mass is 594 g/mol. The van der Waals surface area contributed by atoms with Crippen molar-refractivity contribution in [3.63, 3.8) is 0 Å². The summed E-state index contributed by atoms with van der Waals surface area (Å²) in [6.45, 7) is 0. The Labute approximate surface area is 266 Å². The molecule has 2 nitrogen and oxygen atoms in total. The number of thiophene rings is 1. The molecule has 1 aliphatic heterocycles. The van der Waals surface area contributed by atoms with Crippen LogP contribution in [0.25, 0.3) is 53.2 Å². The van der Waals surface area contributed by atoms with E-state index < -0.39 is 0 Å². The number of para-hydroxylation sites is 2. The Balaban J connectivity index is 1.12. The zero-order valence-electron chi connectivity index (χ0n) is 24.7. The average Bonchev–Trinajstić information content (AvgIpc) is 3.76. The van der Waals surface area contributed by atoms with E-state index in [-0.39, 0.29) is 0 Å². The molecule has 2 unspecified atom stereocenters. The number of hydrogen-bond donors (Lipinski definition) is 0. The molecule has 3 aliphatic rings. The van der Waals surface area contributed by atoms with Crippen molar-refractivity contribution in [3.8, 4) is 5.69 Å². The Morgan fingerprint density at radius 2 is 1.44 bits per heavy atom. The molecule has 0 radical (unpaired) electrons. The maximum atomic E-state index is 2.55. The van der Waals surface area contributed by atoms with Gasteiger partial charge in [0.25, 0.3) is 0 Å². The molecule has 3 heteroatoms. The van der Waals surface area contributed by atoms with E-state index >= 15 is 0 Å². The van der Waals surface area contributed by atoms with Crippen LogP contribution in [0.2, 0.25) is 0 Å². The van der Waals surface area contributed by atoms with E-state index in [0.29, 0.717) is 12.0 Å². The van der Waals surface area contributed by atoms with E-state index in [1.165, 1.54) is 75.7 Å². The van der Waals surface area contributed by atoms with E-state index in [9.17, 15) is 0 Å². The molecule has 10 rings (SSSR count). The van der Waals surface area contributed by atoms with Crippen molar-refractivity contribution in [3.05, 3.63) is 162 Å². The molecule has 0 saturated heterocycles. The van der Waals surface area contributed by atoms with Crippen molar-refractivity contribution < 1.29 is 0 Å². The summed E-state index contributed by atoms with van der Waals surface area (Å²) in [6.07, 6.45) is 16.5. The zero-order chi connectivity index (χ0) is 29.5. The number of anilines is 1. The van der Waals surface area contributed by atoms with E-state index in [1.807, 2.05) is 11.3 Å². The van der Waals surface area contributed by atoms with Crippen LogP contribution in [0.15, 0.2) is 151 Å². The third-order valence-corrected chi connectivity index (χ3v) is 11.1. The molecule has 0 amide bonds. The summed E-state index contributed by atoms with van der Waals surface area (Å²) in [4.78, 5) is 2.55. The molecule has 45 heavy (non-hydrogen) atoms. The van der Waals surface area contributed by atoms with E-state index in [4.69, 9.17) is 0 Å². The van der Waals surface area contributed by atoms with Gasteiger partial charge in [-0.3, -0.25) is 0 Å². The standard InChI is InChI=1S/C42H30N2S/c1-2-11-29(12-3-1)43-36-17-7-4-13-30(36)34-25-27(21-23-38(34)43)28-22-24-39-35(26-28)31-14-5-8-18-37(31)44(39)40-19-10-16-33-32-15-6-9-20-41(32)45-42(33)40/h2,4-26,34,38H,1,3H2. The fourth-order valence-corrected chi connectivity index (χ4v) is 9.15. The van der Waals surface area contributed by atoms with Crippen LogP contribution in [-0.4, -0.2) is 10.6 Å². The van der Waals surface area contributed by atoms with E-state index in [1.54, 1.807) is 0 Å². The van der Waals surface area contributed by atoms with Crippen LogP contribution < -0.4 is 4.90 Å². The minimum Gasteiger partial charge on any atom is -0.334 e. The second-order valence-electron chi connectivity index (χ2n) is 12.4. The maximum absolute atomic E-state index is 2.55. The smallest absolute Gasteiger partial charge is 0.0640 e. The quantitative estimate of drug-likeness (QED) is 0.198. The largest absolute Gasteiger partial charge is 0.334 e. The minimum atomic E-state index is 0.299. The fourth-order valence-electron chi connectivity index (χ4n) is 7.94. The zero-order valence-corrected chi connectivity index (χ0v) is 25.5. The molecule has 0 N–H and O–H groups in total. The summed E-state index contributed by atoms with van der Waals surface area (Å²) in [5.41, 5.74) is 10.4. The van der Waals surface area contributed by atoms with E-state index in [0.717, 1.165) is 12.8 Å². The molecular formula is C42H30N2S. The van der Waals surface area contributed by atoms with Crippen LogP contribution in [0.1, 0.15) is 29.9 Å². The van der Waals surface area contributed by atoms with Crippen molar-refractivity contribution >= 4 is 64.6 Å². The second-order valence-corrected chi connectivity index (χ2v) is 13.4. The maximum Gasteiger partial charge on any atom is 0.0640 e. The Hall–Kier alpha value is -5.12. The van der Waals surface area contributed by atoms with Crippen LogP contribution in [0.5, 0.6) is 0 Å². The van der Waals surface area contributed by atoms with Gasteiger partial charge in [-0.05, 0) is 72.0 Å². The lowest BCUT2D eigenvalue weighted by Crippen LogP contribution is -2.32. The molecule has 0 bridgehead atoms. The molecule has 3 heterocycles. The summed E-state index contributed by atoms with van der Waals surface area (Å²) in [6, 6.07) is 40.8. The molecule has 5 aromatic carbocycles. The van der Waals surface area contributed by atoms with Gasteiger partial charge in [-0.15, -0.1) is 11.3 Å². The molecule has 214 valence electrons. The molecule has 2 aliphatic carbocycles. The molecule has 0 saturated carbocycles. The Morgan fingerprint density at radius 3 is 2.38 bits per heavy atom. The van der Waals surface area contributed by atoms with Crippen LogP contribution in [0, 0.1) is 0 Å². The van der Waals surface area contributed by atoms with Gasteiger partial charge >= 0.3 is 0 Å². The Bertz CT molecular complexity index is 2460. The van der Waals surface area contributed by atoms with Crippen LogP contribution in [0.4, 0.5) is 5.69 Å². The van der Waals surface area contributed by atoms with Crippen molar-refractivity contribution in [1.29, 1.82) is 0 Å². The molecule has 0 spiro atoms. The number of rotatable bonds is 3. The Morgan fingerprint density at radius 1 is 0.644 bits per heavy atom. The number of fused-ring (bicyclic) bond motifs is 9. The van der Waals surface area contributed by atoms with Crippen LogP contribution in [0.3, 0.4) is 0 Å². The SMILES string of the molecule is C1=CC(N2c3ccccc3C3C=C(c4ccc5c(c4)c4ccccc4n5-c4cccc5c4sc4ccccc45)C=CC32)=CCC1. The lowest BCUT2D eigenvalue weighted by atomic mass is 9.86. The second kappa shape index (κ2) is 9.69. The number of allylic oxidation sites excluding steroid dienone is 5. The number of benzene rings is 5. The van der Waals surface area contributed by atoms with Crippen molar-refractivity contribution in [2.24, 2.45) is 0 Å². The summed E-state index contributed by atoms with van der Waals surface area (Å²) < 4.78 is 5.14. The highest BCUT2D eigenvalue weighted by Crippen LogP contribution is 2.48. The first-order chi connectivity index (χ1) is 22.3. The highest BCUT2D eigenvalue weighted by molar-refractivity contribution is 7.26. The van der Waals surface area contributed by atoms with E-state index in [2.05, 4.69) is 155 Å². The molecular weight excluding hydrogens is 565 g/mol. The van der Waals surface area contributed by atoms with Gasteiger partial charge in [0, 0.05) is 43.5 Å². The lowest BCUT2D eigenvalue weighted by molar-refractivity contribution is 0.727. The molecule has 2 atom stereocenters. The highest BCUT2D eigenvalue weighted by Gasteiger charge is 2.38. The van der Waals surface area contributed by atoms with Gasteiger partial charge in [-0.1, -0.05) is 103 Å². The topological polar surface area (TPSA) is 8.17 Å². The van der Waals surface area contributed by atoms with Crippen molar-refractivity contribution in [2.45, 2.75) is 24.8 Å². The summed E-state index contributed by atoms with van der Waals surface area (Å²) in [5, 5.41) is 5.25. The lowest BCUT2D eigenvalue weighted by Gasteiger charge is -2.31. The first-order valence-corrected chi connectivity index (χ1v) is 16.7. The molecule has 2 aromatic heterocycles. The van der Waals surface area contributed by atoms with Crippen molar-refractivity contribution in [1.82, 2.24) is 4.57 Å². The van der Waals surface area contributed by atoms with Crippen molar-refractivity contribution in [2.75, 3.05) is 4.90 Å². The molecule has 0 fully saturated rings. The average molecular weight is 595 g/mol. The highest BCUT2D eigenvalue weighted by atomic mass is 32.1. The normalized spacial score (nSPS) is 19.0. The van der Waals surface area contributed by atoms with Gasteiger partial charge < -0.3 is 9.47 Å². The van der Waals surface area contributed by atoms with Gasteiger partial charge in [0.05, 0.1) is 27.5 Å². The van der Waals surface area contributed by atoms with Gasteiger partial charge in [-0.2, -0.15) is 0 Å². The van der Waals surface area contributed by atoms with Gasteiger partial charge in [-0.25, -0.2) is 0 Å². The van der Waals surface area contributed by atoms with Gasteiger partial charge in [0.2, 0.25) is 0 Å². The first kappa shape index (κ1) is 25.2. The Kier molecular flexibility index (Phi) is 5.43. The summed E-state index contributed by atoms with van der Waals surface area (Å²) in [5.74, 6) is 0.319. The summed E-state index contributed by atoms with van der Waals surface area (Å²) >= 11 is 1.89. The number of aromatic nitrogens is 1. The minimum absolute atomic E-state index is 0.299.